The zero-order chi connectivity index (χ0) is 14.2. The van der Waals surface area contributed by atoms with Crippen LogP contribution in [0.25, 0.3) is 0 Å². The molecule has 2 saturated heterocycles. The van der Waals surface area contributed by atoms with E-state index in [9.17, 15) is 0 Å². The van der Waals surface area contributed by atoms with Gasteiger partial charge in [-0.3, -0.25) is 9.80 Å². The van der Waals surface area contributed by atoms with Crippen molar-refractivity contribution in [3.05, 3.63) is 16.1 Å². The first-order valence-electron chi connectivity index (χ1n) is 8.45. The molecule has 1 saturated carbocycles. The molecule has 0 aromatic carbocycles. The van der Waals surface area contributed by atoms with Crippen LogP contribution in [0.2, 0.25) is 0 Å². The van der Waals surface area contributed by atoms with E-state index in [2.05, 4.69) is 27.0 Å². The van der Waals surface area contributed by atoms with Gasteiger partial charge in [0, 0.05) is 63.2 Å². The van der Waals surface area contributed by atoms with E-state index in [1.54, 1.807) is 0 Å². The first-order chi connectivity index (χ1) is 10.3. The maximum absolute atomic E-state index is 4.81. The van der Waals surface area contributed by atoms with Gasteiger partial charge in [0.1, 0.15) is 0 Å². The van der Waals surface area contributed by atoms with Crippen LogP contribution in [0.15, 0.2) is 5.38 Å². The Hall–Kier alpha value is -0.490. The highest BCUT2D eigenvalue weighted by molar-refractivity contribution is 7.09. The molecule has 2 aliphatic heterocycles. The molecule has 116 valence electrons. The van der Waals surface area contributed by atoms with Crippen molar-refractivity contribution < 1.29 is 0 Å². The fraction of sp³-hybridized carbons (Fsp3) is 0.812. The van der Waals surface area contributed by atoms with Crippen LogP contribution in [0.5, 0.6) is 0 Å². The highest BCUT2D eigenvalue weighted by Crippen LogP contribution is 2.41. The third-order valence-electron chi connectivity index (χ3n) is 5.19. The van der Waals surface area contributed by atoms with E-state index >= 15 is 0 Å². The smallest absolute Gasteiger partial charge is 0.0959 e. The van der Waals surface area contributed by atoms with Gasteiger partial charge in [0.25, 0.3) is 0 Å². The zero-order valence-corrected chi connectivity index (χ0v) is 13.8. The molecule has 4 nitrogen and oxygen atoms in total. The number of hydrogen-bond acceptors (Lipinski definition) is 5. The highest BCUT2D eigenvalue weighted by atomic mass is 32.1. The number of aromatic nitrogens is 1. The van der Waals surface area contributed by atoms with Crippen molar-refractivity contribution in [2.24, 2.45) is 0 Å². The molecule has 3 aliphatic rings. The van der Waals surface area contributed by atoms with Crippen molar-refractivity contribution in [1.29, 1.82) is 0 Å². The molecule has 0 atom stereocenters. The van der Waals surface area contributed by atoms with Crippen LogP contribution >= 0.6 is 11.3 Å². The summed E-state index contributed by atoms with van der Waals surface area (Å²) in [6.45, 7) is 12.0. The van der Waals surface area contributed by atoms with Crippen molar-refractivity contribution >= 4 is 11.3 Å². The first-order valence-corrected chi connectivity index (χ1v) is 9.33. The van der Waals surface area contributed by atoms with E-state index in [-0.39, 0.29) is 0 Å². The standard InChI is InChI=1S/C16H26N4S/c1-2-18-5-7-20(8-6-18)15-10-19(11-15)9-14-12-21-16(17-14)13-3-4-13/h12-13,15H,2-11H2,1H3. The molecule has 1 aliphatic carbocycles. The normalized spacial score (nSPS) is 26.1. The number of likely N-dealkylation sites (N-methyl/N-ethyl adjacent to an activating group) is 1. The first kappa shape index (κ1) is 14.1. The molecular weight excluding hydrogens is 280 g/mol. The predicted molar refractivity (Wildman–Crippen MR) is 86.8 cm³/mol. The Morgan fingerprint density at radius 2 is 1.90 bits per heavy atom. The molecule has 0 bridgehead atoms. The second-order valence-electron chi connectivity index (χ2n) is 6.77. The molecule has 0 amide bonds. The van der Waals surface area contributed by atoms with Crippen LogP contribution in [0.3, 0.4) is 0 Å². The lowest BCUT2D eigenvalue weighted by Gasteiger charge is -2.48. The Morgan fingerprint density at radius 3 is 2.57 bits per heavy atom. The molecule has 1 aromatic rings. The quantitative estimate of drug-likeness (QED) is 0.828. The largest absolute Gasteiger partial charge is 0.301 e. The van der Waals surface area contributed by atoms with Crippen molar-refractivity contribution in [2.75, 3.05) is 45.8 Å². The number of rotatable bonds is 5. The summed E-state index contributed by atoms with van der Waals surface area (Å²) in [6, 6.07) is 0.797. The molecule has 5 heteroatoms. The summed E-state index contributed by atoms with van der Waals surface area (Å²) in [7, 11) is 0. The summed E-state index contributed by atoms with van der Waals surface area (Å²) in [5, 5.41) is 3.67. The number of hydrogen-bond donors (Lipinski definition) is 0. The summed E-state index contributed by atoms with van der Waals surface area (Å²) in [5.41, 5.74) is 1.30. The van der Waals surface area contributed by atoms with E-state index in [0.29, 0.717) is 0 Å². The molecule has 1 aromatic heterocycles. The zero-order valence-electron chi connectivity index (χ0n) is 13.0. The molecule has 21 heavy (non-hydrogen) atoms. The van der Waals surface area contributed by atoms with Gasteiger partial charge in [0.05, 0.1) is 10.7 Å². The Balaban J connectivity index is 1.22. The maximum Gasteiger partial charge on any atom is 0.0959 e. The Kier molecular flexibility index (Phi) is 4.00. The molecule has 3 heterocycles. The Morgan fingerprint density at radius 1 is 1.14 bits per heavy atom. The van der Waals surface area contributed by atoms with Gasteiger partial charge < -0.3 is 4.90 Å². The average Bonchev–Trinajstić information content (AvgIpc) is 3.22. The summed E-state index contributed by atoms with van der Waals surface area (Å²) in [4.78, 5) is 12.6. The van der Waals surface area contributed by atoms with Gasteiger partial charge in [0.15, 0.2) is 0 Å². The third kappa shape index (κ3) is 3.16. The molecule has 0 spiro atoms. The molecular formula is C16H26N4S. The van der Waals surface area contributed by atoms with Crippen molar-refractivity contribution in [3.63, 3.8) is 0 Å². The van der Waals surface area contributed by atoms with Gasteiger partial charge in [-0.2, -0.15) is 0 Å². The average molecular weight is 306 g/mol. The van der Waals surface area contributed by atoms with Crippen LogP contribution < -0.4 is 0 Å². The van der Waals surface area contributed by atoms with E-state index in [4.69, 9.17) is 4.98 Å². The van der Waals surface area contributed by atoms with Gasteiger partial charge in [0.2, 0.25) is 0 Å². The Bertz CT molecular complexity index is 470. The lowest BCUT2D eigenvalue weighted by molar-refractivity contribution is 0.00164. The van der Waals surface area contributed by atoms with Crippen molar-refractivity contribution in [2.45, 2.75) is 38.3 Å². The molecule has 3 fully saturated rings. The topological polar surface area (TPSA) is 22.6 Å². The van der Waals surface area contributed by atoms with Gasteiger partial charge in [-0.1, -0.05) is 6.92 Å². The number of piperazine rings is 1. The lowest BCUT2D eigenvalue weighted by Crippen LogP contribution is -2.62. The van der Waals surface area contributed by atoms with E-state index in [0.717, 1.165) is 18.5 Å². The van der Waals surface area contributed by atoms with E-state index in [1.165, 1.54) is 69.4 Å². The van der Waals surface area contributed by atoms with E-state index in [1.807, 2.05) is 11.3 Å². The van der Waals surface area contributed by atoms with E-state index < -0.39 is 0 Å². The minimum absolute atomic E-state index is 0.797. The number of nitrogens with zero attached hydrogens (tertiary/aromatic N) is 4. The minimum Gasteiger partial charge on any atom is -0.301 e. The minimum atomic E-state index is 0.797. The summed E-state index contributed by atoms with van der Waals surface area (Å²) >= 11 is 1.87. The van der Waals surface area contributed by atoms with Crippen LogP contribution in [-0.4, -0.2) is 71.5 Å². The molecule has 0 radical (unpaired) electrons. The number of thiazole rings is 1. The van der Waals surface area contributed by atoms with Gasteiger partial charge >= 0.3 is 0 Å². The summed E-state index contributed by atoms with van der Waals surface area (Å²) in [6.07, 6.45) is 2.73. The van der Waals surface area contributed by atoms with Crippen LogP contribution in [0, 0.1) is 0 Å². The molecule has 0 unspecified atom stereocenters. The summed E-state index contributed by atoms with van der Waals surface area (Å²) in [5.74, 6) is 0.808. The fourth-order valence-electron chi connectivity index (χ4n) is 3.49. The molecule has 4 rings (SSSR count). The second-order valence-corrected chi connectivity index (χ2v) is 7.66. The fourth-order valence-corrected chi connectivity index (χ4v) is 4.47. The summed E-state index contributed by atoms with van der Waals surface area (Å²) < 4.78 is 0. The SMILES string of the molecule is CCN1CCN(C2CN(Cc3csc(C4CC4)n3)C2)CC1. The van der Waals surface area contributed by atoms with Crippen LogP contribution in [0.4, 0.5) is 0 Å². The van der Waals surface area contributed by atoms with Crippen molar-refractivity contribution in [3.8, 4) is 0 Å². The number of likely N-dealkylation sites (tertiary alicyclic amines) is 1. The maximum atomic E-state index is 4.81. The monoisotopic (exact) mass is 306 g/mol. The highest BCUT2D eigenvalue weighted by Gasteiger charge is 2.33. The van der Waals surface area contributed by atoms with Gasteiger partial charge in [-0.05, 0) is 19.4 Å². The Labute approximate surface area is 131 Å². The molecule has 0 N–H and O–H groups in total. The third-order valence-corrected chi connectivity index (χ3v) is 6.25. The lowest BCUT2D eigenvalue weighted by atomic mass is 10.1. The second kappa shape index (κ2) is 5.95. The van der Waals surface area contributed by atoms with Gasteiger partial charge in [-0.15, -0.1) is 11.3 Å². The van der Waals surface area contributed by atoms with Gasteiger partial charge in [-0.25, -0.2) is 4.98 Å². The van der Waals surface area contributed by atoms with Crippen molar-refractivity contribution in [1.82, 2.24) is 19.7 Å². The predicted octanol–water partition coefficient (Wildman–Crippen LogP) is 1.84. The van der Waals surface area contributed by atoms with Crippen LogP contribution in [0.1, 0.15) is 36.4 Å². The van der Waals surface area contributed by atoms with Crippen LogP contribution in [-0.2, 0) is 6.54 Å².